The van der Waals surface area contributed by atoms with Crippen LogP contribution in [0.4, 0.5) is 0 Å². The van der Waals surface area contributed by atoms with Crippen molar-refractivity contribution in [2.45, 2.75) is 26.4 Å². The first-order chi connectivity index (χ1) is 8.61. The van der Waals surface area contributed by atoms with Gasteiger partial charge in [0.05, 0.1) is 12.7 Å². The topological polar surface area (TPSA) is 27.7 Å². The quantitative estimate of drug-likeness (QED) is 0.654. The third-order valence-electron chi connectivity index (χ3n) is 3.32. The van der Waals surface area contributed by atoms with Crippen LogP contribution in [-0.4, -0.2) is 75.9 Å². The zero-order chi connectivity index (χ0) is 13.4. The van der Waals surface area contributed by atoms with E-state index in [1.54, 1.807) is 0 Å². The molecule has 1 aliphatic heterocycles. The van der Waals surface area contributed by atoms with Gasteiger partial charge >= 0.3 is 0 Å². The Labute approximate surface area is 113 Å². The molecule has 1 heterocycles. The molecule has 1 N–H and O–H groups in total. The van der Waals surface area contributed by atoms with E-state index < -0.39 is 0 Å². The van der Waals surface area contributed by atoms with Crippen LogP contribution in [0.3, 0.4) is 0 Å². The summed E-state index contributed by atoms with van der Waals surface area (Å²) >= 11 is 0. The molecule has 0 unspecified atom stereocenters. The Morgan fingerprint density at radius 1 is 1.44 bits per heavy atom. The lowest BCUT2D eigenvalue weighted by Crippen LogP contribution is -2.47. The highest BCUT2D eigenvalue weighted by molar-refractivity contribution is 4.74. The molecule has 108 valence electrons. The highest BCUT2D eigenvalue weighted by atomic mass is 16.5. The largest absolute Gasteiger partial charge is 0.374 e. The summed E-state index contributed by atoms with van der Waals surface area (Å²) in [6, 6.07) is 0. The van der Waals surface area contributed by atoms with Crippen molar-refractivity contribution in [1.29, 1.82) is 0 Å². The fraction of sp³-hybridized carbons (Fsp3) is 1.00. The lowest BCUT2D eigenvalue weighted by Gasteiger charge is -2.35. The summed E-state index contributed by atoms with van der Waals surface area (Å²) in [5.74, 6) is 0.727. The molecular weight excluding hydrogens is 226 g/mol. The van der Waals surface area contributed by atoms with Crippen LogP contribution in [0.1, 0.15) is 20.3 Å². The molecule has 1 atom stereocenters. The van der Waals surface area contributed by atoms with E-state index in [1.165, 1.54) is 13.0 Å². The van der Waals surface area contributed by atoms with Gasteiger partial charge in [0.25, 0.3) is 0 Å². The van der Waals surface area contributed by atoms with Crippen LogP contribution >= 0.6 is 0 Å². The van der Waals surface area contributed by atoms with Gasteiger partial charge in [-0.2, -0.15) is 0 Å². The molecule has 0 saturated carbocycles. The third kappa shape index (κ3) is 6.69. The summed E-state index contributed by atoms with van der Waals surface area (Å²) in [6.07, 6.45) is 1.61. The smallest absolute Gasteiger partial charge is 0.0829 e. The summed E-state index contributed by atoms with van der Waals surface area (Å²) < 4.78 is 5.87. The van der Waals surface area contributed by atoms with E-state index in [9.17, 15) is 0 Å². The maximum atomic E-state index is 5.87. The van der Waals surface area contributed by atoms with Gasteiger partial charge in [0.1, 0.15) is 0 Å². The number of likely N-dealkylation sites (N-methyl/N-ethyl adjacent to an activating group) is 1. The lowest BCUT2D eigenvalue weighted by atomic mass is 10.2. The first kappa shape index (κ1) is 15.9. The number of rotatable bonds is 8. The summed E-state index contributed by atoms with van der Waals surface area (Å²) in [5, 5.41) is 3.21. The third-order valence-corrected chi connectivity index (χ3v) is 3.32. The van der Waals surface area contributed by atoms with Gasteiger partial charge in [-0.1, -0.05) is 13.8 Å². The maximum absolute atomic E-state index is 5.87. The fourth-order valence-corrected chi connectivity index (χ4v) is 2.62. The predicted molar refractivity (Wildman–Crippen MR) is 77.1 cm³/mol. The molecule has 0 amide bonds. The van der Waals surface area contributed by atoms with E-state index in [0.29, 0.717) is 6.10 Å². The first-order valence-electron chi connectivity index (χ1n) is 7.29. The zero-order valence-corrected chi connectivity index (χ0v) is 12.6. The first-order valence-corrected chi connectivity index (χ1v) is 7.29. The van der Waals surface area contributed by atoms with Gasteiger partial charge in [0, 0.05) is 26.2 Å². The molecule has 0 bridgehead atoms. The van der Waals surface area contributed by atoms with E-state index in [1.807, 2.05) is 7.05 Å². The summed E-state index contributed by atoms with van der Waals surface area (Å²) in [7, 11) is 4.21. The van der Waals surface area contributed by atoms with E-state index in [-0.39, 0.29) is 0 Å². The highest BCUT2D eigenvalue weighted by Crippen LogP contribution is 2.08. The second-order valence-electron chi connectivity index (χ2n) is 5.87. The molecule has 1 aliphatic rings. The minimum absolute atomic E-state index is 0.386. The van der Waals surface area contributed by atoms with E-state index in [2.05, 4.69) is 36.0 Å². The van der Waals surface area contributed by atoms with Gasteiger partial charge in [0.15, 0.2) is 0 Å². The van der Waals surface area contributed by atoms with Crippen molar-refractivity contribution in [2.24, 2.45) is 5.92 Å². The van der Waals surface area contributed by atoms with Crippen molar-refractivity contribution in [3.8, 4) is 0 Å². The lowest BCUT2D eigenvalue weighted by molar-refractivity contribution is -0.0414. The van der Waals surface area contributed by atoms with Gasteiger partial charge in [0.2, 0.25) is 0 Å². The van der Waals surface area contributed by atoms with Crippen molar-refractivity contribution >= 4 is 0 Å². The molecular formula is C14H31N3O. The maximum Gasteiger partial charge on any atom is 0.0829 e. The van der Waals surface area contributed by atoms with Crippen LogP contribution in [0.15, 0.2) is 0 Å². The van der Waals surface area contributed by atoms with Crippen molar-refractivity contribution in [3.05, 3.63) is 0 Å². The molecule has 1 rings (SSSR count). The van der Waals surface area contributed by atoms with Crippen LogP contribution in [0.5, 0.6) is 0 Å². The average Bonchev–Trinajstić information content (AvgIpc) is 2.28. The number of hydrogen-bond donors (Lipinski definition) is 1. The van der Waals surface area contributed by atoms with Crippen molar-refractivity contribution in [1.82, 2.24) is 15.1 Å². The van der Waals surface area contributed by atoms with Crippen LogP contribution in [0, 0.1) is 5.92 Å². The molecule has 0 radical (unpaired) electrons. The molecule has 1 fully saturated rings. The summed E-state index contributed by atoms with van der Waals surface area (Å²) in [6.45, 7) is 12.1. The second kappa shape index (κ2) is 8.86. The Hall–Kier alpha value is -0.160. The van der Waals surface area contributed by atoms with Crippen molar-refractivity contribution in [2.75, 3.05) is 60.0 Å². The second-order valence-corrected chi connectivity index (χ2v) is 5.87. The van der Waals surface area contributed by atoms with E-state index >= 15 is 0 Å². The normalized spacial score (nSPS) is 22.0. The minimum Gasteiger partial charge on any atom is -0.374 e. The molecule has 0 aromatic rings. The molecule has 1 saturated heterocycles. The zero-order valence-electron chi connectivity index (χ0n) is 12.6. The Balaban J connectivity index is 2.21. The standard InChI is InChI=1S/C14H31N3O/c1-13(2)10-16(4)11-14-12-17(8-9-18-14)7-5-6-15-3/h13-15H,5-12H2,1-4H3/t14-/m0/s1. The number of nitrogens with one attached hydrogen (secondary N) is 1. The molecule has 4 heteroatoms. The SMILES string of the molecule is CNCCCN1CCO[C@@H](CN(C)CC(C)C)C1. The van der Waals surface area contributed by atoms with E-state index in [4.69, 9.17) is 4.74 Å². The van der Waals surface area contributed by atoms with Gasteiger partial charge in [-0.3, -0.25) is 4.90 Å². The highest BCUT2D eigenvalue weighted by Gasteiger charge is 2.21. The van der Waals surface area contributed by atoms with Crippen LogP contribution in [-0.2, 0) is 4.74 Å². The molecule has 4 nitrogen and oxygen atoms in total. The summed E-state index contributed by atoms with van der Waals surface area (Å²) in [4.78, 5) is 4.93. The summed E-state index contributed by atoms with van der Waals surface area (Å²) in [5.41, 5.74) is 0. The number of ether oxygens (including phenoxy) is 1. The van der Waals surface area contributed by atoms with Crippen LogP contribution < -0.4 is 5.32 Å². The molecule has 18 heavy (non-hydrogen) atoms. The fourth-order valence-electron chi connectivity index (χ4n) is 2.62. The van der Waals surface area contributed by atoms with Crippen LogP contribution in [0.2, 0.25) is 0 Å². The van der Waals surface area contributed by atoms with Crippen molar-refractivity contribution in [3.63, 3.8) is 0 Å². The minimum atomic E-state index is 0.386. The molecule has 0 aromatic heterocycles. The van der Waals surface area contributed by atoms with Crippen molar-refractivity contribution < 1.29 is 4.74 Å². The number of nitrogens with zero attached hydrogens (tertiary/aromatic N) is 2. The van der Waals surface area contributed by atoms with Crippen LogP contribution in [0.25, 0.3) is 0 Å². The monoisotopic (exact) mass is 257 g/mol. The van der Waals surface area contributed by atoms with Gasteiger partial charge < -0.3 is 15.0 Å². The van der Waals surface area contributed by atoms with Gasteiger partial charge in [-0.25, -0.2) is 0 Å². The molecule has 0 aromatic carbocycles. The Bertz CT molecular complexity index is 211. The molecule has 0 aliphatic carbocycles. The Morgan fingerprint density at radius 2 is 2.22 bits per heavy atom. The Morgan fingerprint density at radius 3 is 2.89 bits per heavy atom. The average molecular weight is 257 g/mol. The number of morpholine rings is 1. The van der Waals surface area contributed by atoms with Gasteiger partial charge in [-0.15, -0.1) is 0 Å². The van der Waals surface area contributed by atoms with Gasteiger partial charge in [-0.05, 0) is 39.5 Å². The predicted octanol–water partition coefficient (Wildman–Crippen LogP) is 0.885. The molecule has 0 spiro atoms. The van der Waals surface area contributed by atoms with E-state index in [0.717, 1.165) is 45.2 Å². The number of hydrogen-bond acceptors (Lipinski definition) is 4. The Kier molecular flexibility index (Phi) is 7.82.